The van der Waals surface area contributed by atoms with Gasteiger partial charge in [0, 0.05) is 10.7 Å². The number of thiocarbonyl (C=S) groups is 1. The summed E-state index contributed by atoms with van der Waals surface area (Å²) >= 11 is 8.20. The Morgan fingerprint density at radius 2 is 2.18 bits per heavy atom. The van der Waals surface area contributed by atoms with E-state index in [1.165, 1.54) is 0 Å². The van der Waals surface area contributed by atoms with Gasteiger partial charge in [0.15, 0.2) is 0 Å². The number of halogens is 1. The first-order valence-corrected chi connectivity index (χ1v) is 6.18. The van der Waals surface area contributed by atoms with Gasteiger partial charge in [-0.05, 0) is 48.3 Å². The summed E-state index contributed by atoms with van der Waals surface area (Å²) in [6, 6.07) is 1.78. The lowest BCUT2D eigenvalue weighted by molar-refractivity contribution is -0.121. The van der Waals surface area contributed by atoms with Crippen LogP contribution in [0.4, 0.5) is 5.82 Å². The van der Waals surface area contributed by atoms with Crippen molar-refractivity contribution in [3.05, 3.63) is 22.3 Å². The van der Waals surface area contributed by atoms with Crippen LogP contribution in [0, 0.1) is 12.3 Å². The molecule has 0 spiro atoms. The van der Waals surface area contributed by atoms with Gasteiger partial charge >= 0.3 is 0 Å². The number of pyridine rings is 1. The molecule has 92 valence electrons. The zero-order chi connectivity index (χ0) is 13.2. The molecular weight excluding hydrogens is 302 g/mol. The Bertz CT molecular complexity index is 474. The molecule has 17 heavy (non-hydrogen) atoms. The van der Waals surface area contributed by atoms with Gasteiger partial charge in [-0.2, -0.15) is 0 Å². The van der Waals surface area contributed by atoms with E-state index in [-0.39, 0.29) is 10.9 Å². The fourth-order valence-corrected chi connectivity index (χ4v) is 1.30. The highest BCUT2D eigenvalue weighted by atomic mass is 79.9. The van der Waals surface area contributed by atoms with Crippen LogP contribution >= 0.6 is 28.1 Å². The van der Waals surface area contributed by atoms with E-state index in [1.54, 1.807) is 26.1 Å². The van der Waals surface area contributed by atoms with E-state index in [9.17, 15) is 4.79 Å². The third-order valence-corrected chi connectivity index (χ3v) is 3.81. The van der Waals surface area contributed by atoms with Gasteiger partial charge in [-0.3, -0.25) is 4.79 Å². The van der Waals surface area contributed by atoms with Crippen LogP contribution in [0.25, 0.3) is 0 Å². The third-order valence-electron chi connectivity index (χ3n) is 2.47. The first-order chi connectivity index (χ1) is 7.75. The Balaban J connectivity index is 2.89. The molecule has 1 heterocycles. The second-order valence-corrected chi connectivity index (χ2v) is 5.56. The Morgan fingerprint density at radius 3 is 2.65 bits per heavy atom. The molecule has 0 saturated heterocycles. The Hall–Kier alpha value is -1.01. The maximum atomic E-state index is 11.9. The van der Waals surface area contributed by atoms with Crippen LogP contribution in [0.2, 0.25) is 0 Å². The van der Waals surface area contributed by atoms with Crippen molar-refractivity contribution in [2.24, 2.45) is 11.1 Å². The maximum absolute atomic E-state index is 11.9. The molecule has 0 aromatic carbocycles. The van der Waals surface area contributed by atoms with Crippen molar-refractivity contribution in [2.45, 2.75) is 20.8 Å². The molecule has 1 rings (SSSR count). The van der Waals surface area contributed by atoms with Crippen molar-refractivity contribution < 1.29 is 4.79 Å². The number of aromatic nitrogens is 1. The molecule has 0 aliphatic heterocycles. The minimum absolute atomic E-state index is 0.156. The first kappa shape index (κ1) is 14.1. The van der Waals surface area contributed by atoms with Crippen molar-refractivity contribution in [1.82, 2.24) is 4.98 Å². The van der Waals surface area contributed by atoms with Crippen LogP contribution in [0.15, 0.2) is 16.7 Å². The van der Waals surface area contributed by atoms with Gasteiger partial charge in [-0.1, -0.05) is 12.2 Å². The maximum Gasteiger partial charge on any atom is 0.238 e. The highest BCUT2D eigenvalue weighted by Crippen LogP contribution is 2.21. The summed E-state index contributed by atoms with van der Waals surface area (Å²) < 4.78 is 0.893. The topological polar surface area (TPSA) is 68.0 Å². The lowest BCUT2D eigenvalue weighted by atomic mass is 9.92. The van der Waals surface area contributed by atoms with E-state index < -0.39 is 5.41 Å². The molecule has 0 unspecified atom stereocenters. The molecule has 0 atom stereocenters. The minimum Gasteiger partial charge on any atom is -0.392 e. The fraction of sp³-hybridized carbons (Fsp3) is 0.364. The summed E-state index contributed by atoms with van der Waals surface area (Å²) in [6.45, 7) is 5.27. The number of nitrogens with one attached hydrogen (secondary N) is 1. The van der Waals surface area contributed by atoms with Gasteiger partial charge < -0.3 is 11.1 Å². The monoisotopic (exact) mass is 315 g/mol. The van der Waals surface area contributed by atoms with Gasteiger partial charge in [-0.15, -0.1) is 0 Å². The van der Waals surface area contributed by atoms with Crippen LogP contribution in [-0.2, 0) is 4.79 Å². The van der Waals surface area contributed by atoms with Gasteiger partial charge in [0.2, 0.25) is 5.91 Å². The lowest BCUT2D eigenvalue weighted by Gasteiger charge is -2.21. The number of aryl methyl sites for hydroxylation is 1. The van der Waals surface area contributed by atoms with E-state index in [2.05, 4.69) is 26.2 Å². The van der Waals surface area contributed by atoms with Crippen LogP contribution < -0.4 is 11.1 Å². The predicted molar refractivity (Wildman–Crippen MR) is 75.9 cm³/mol. The molecule has 4 nitrogen and oxygen atoms in total. The van der Waals surface area contributed by atoms with Crippen molar-refractivity contribution in [2.75, 3.05) is 5.32 Å². The average molecular weight is 316 g/mol. The van der Waals surface area contributed by atoms with Crippen LogP contribution in [0.1, 0.15) is 19.4 Å². The summed E-state index contributed by atoms with van der Waals surface area (Å²) in [7, 11) is 0. The third kappa shape index (κ3) is 3.23. The van der Waals surface area contributed by atoms with Crippen LogP contribution in [0.3, 0.4) is 0 Å². The summed E-state index contributed by atoms with van der Waals surface area (Å²) in [6.07, 6.45) is 1.64. The quantitative estimate of drug-likeness (QED) is 0.840. The molecular formula is C11H14BrN3OS. The number of nitrogens with zero attached hydrogens (tertiary/aromatic N) is 1. The van der Waals surface area contributed by atoms with E-state index in [4.69, 9.17) is 18.0 Å². The summed E-state index contributed by atoms with van der Waals surface area (Å²) in [5.41, 5.74) is 5.62. The molecule has 1 amide bonds. The molecule has 0 radical (unpaired) electrons. The number of rotatable bonds is 3. The molecule has 6 heteroatoms. The second kappa shape index (κ2) is 5.10. The summed E-state index contributed by atoms with van der Waals surface area (Å²) in [5.74, 6) is 0.222. The van der Waals surface area contributed by atoms with E-state index >= 15 is 0 Å². The number of hydrogen-bond acceptors (Lipinski definition) is 3. The average Bonchev–Trinajstić information content (AvgIpc) is 2.23. The molecule has 1 aromatic heterocycles. The molecule has 3 N–H and O–H groups in total. The summed E-state index contributed by atoms with van der Waals surface area (Å²) in [4.78, 5) is 16.2. The van der Waals surface area contributed by atoms with E-state index in [0.717, 1.165) is 10.0 Å². The standard InChI is InChI=1S/C11H14BrN3OS/c1-6-4-8(14-5-7(6)12)15-10(16)11(2,3)9(13)17/h4-5H,1-3H3,(H2,13,17)(H,14,15,16). The molecule has 0 aliphatic rings. The van der Waals surface area contributed by atoms with Gasteiger partial charge in [0.1, 0.15) is 5.82 Å². The summed E-state index contributed by atoms with van der Waals surface area (Å²) in [5, 5.41) is 2.69. The van der Waals surface area contributed by atoms with Crippen LogP contribution in [-0.4, -0.2) is 15.9 Å². The highest BCUT2D eigenvalue weighted by molar-refractivity contribution is 9.10. The van der Waals surface area contributed by atoms with Crippen molar-refractivity contribution in [3.63, 3.8) is 0 Å². The zero-order valence-electron chi connectivity index (χ0n) is 9.87. The van der Waals surface area contributed by atoms with Crippen LogP contribution in [0.5, 0.6) is 0 Å². The van der Waals surface area contributed by atoms with E-state index in [0.29, 0.717) is 5.82 Å². The first-order valence-electron chi connectivity index (χ1n) is 4.98. The molecule has 0 saturated carbocycles. The van der Waals surface area contributed by atoms with Crippen molar-refractivity contribution in [3.8, 4) is 0 Å². The molecule has 0 aliphatic carbocycles. The normalized spacial score (nSPS) is 11.1. The van der Waals surface area contributed by atoms with Gasteiger partial charge in [0.25, 0.3) is 0 Å². The number of hydrogen-bond donors (Lipinski definition) is 2. The Labute approximate surface area is 114 Å². The number of amides is 1. The number of nitrogens with two attached hydrogens (primary N) is 1. The molecule has 1 aromatic rings. The largest absolute Gasteiger partial charge is 0.392 e. The zero-order valence-corrected chi connectivity index (χ0v) is 12.3. The number of carbonyl (C=O) groups is 1. The van der Waals surface area contributed by atoms with Crippen molar-refractivity contribution >= 4 is 44.9 Å². The molecule has 0 bridgehead atoms. The second-order valence-electron chi connectivity index (χ2n) is 4.26. The van der Waals surface area contributed by atoms with E-state index in [1.807, 2.05) is 6.92 Å². The number of carbonyl (C=O) groups excluding carboxylic acids is 1. The van der Waals surface area contributed by atoms with Gasteiger partial charge in [-0.25, -0.2) is 4.98 Å². The number of anilines is 1. The smallest absolute Gasteiger partial charge is 0.238 e. The van der Waals surface area contributed by atoms with Crippen molar-refractivity contribution in [1.29, 1.82) is 0 Å². The Morgan fingerprint density at radius 1 is 1.59 bits per heavy atom. The van der Waals surface area contributed by atoms with Gasteiger partial charge in [0.05, 0.1) is 10.4 Å². The fourth-order valence-electron chi connectivity index (χ4n) is 0.992. The predicted octanol–water partition coefficient (Wildman–Crippen LogP) is 2.40. The minimum atomic E-state index is -0.891. The SMILES string of the molecule is Cc1cc(NC(=O)C(C)(C)C(N)=S)ncc1Br. The molecule has 0 fully saturated rings. The Kier molecular flexibility index (Phi) is 4.21. The highest BCUT2D eigenvalue weighted by Gasteiger charge is 2.31. The lowest BCUT2D eigenvalue weighted by Crippen LogP contribution is -2.41.